The third-order valence-corrected chi connectivity index (χ3v) is 6.29. The van der Waals surface area contributed by atoms with Gasteiger partial charge in [0.25, 0.3) is 5.91 Å². The molecule has 3 heterocycles. The van der Waals surface area contributed by atoms with E-state index in [1.54, 1.807) is 25.1 Å². The number of amides is 1. The number of halogens is 4. The van der Waals surface area contributed by atoms with E-state index in [9.17, 15) is 22.4 Å². The monoisotopic (exact) mass is 532 g/mol. The number of nitrogens with one attached hydrogen (secondary N) is 2. The first-order valence-electron chi connectivity index (χ1n) is 10.8. The van der Waals surface area contributed by atoms with E-state index < -0.39 is 29.8 Å². The molecule has 12 heteroatoms. The fourth-order valence-electron chi connectivity index (χ4n) is 3.55. The number of methoxy groups -OCH3 is 1. The van der Waals surface area contributed by atoms with Crippen LogP contribution in [0.2, 0.25) is 0 Å². The highest BCUT2D eigenvalue weighted by atomic mass is 32.1. The van der Waals surface area contributed by atoms with E-state index in [0.717, 1.165) is 11.3 Å². The number of ether oxygens (including phenoxy) is 1. The van der Waals surface area contributed by atoms with Crippen molar-refractivity contribution in [1.82, 2.24) is 15.3 Å². The fourth-order valence-corrected chi connectivity index (χ4v) is 4.50. The summed E-state index contributed by atoms with van der Waals surface area (Å²) in [5.41, 5.74) is 1.19. The quantitative estimate of drug-likeness (QED) is 0.221. The van der Waals surface area contributed by atoms with Crippen LogP contribution in [0.4, 0.5) is 23.4 Å². The van der Waals surface area contributed by atoms with Gasteiger partial charge in [-0.3, -0.25) is 4.79 Å². The molecule has 1 amide bonds. The van der Waals surface area contributed by atoms with Gasteiger partial charge in [-0.1, -0.05) is 12.0 Å². The zero-order valence-electron chi connectivity index (χ0n) is 19.6. The summed E-state index contributed by atoms with van der Waals surface area (Å²) in [6.45, 7) is 1.86. The number of carbonyl (C=O) groups excluding carboxylic acids is 1. The summed E-state index contributed by atoms with van der Waals surface area (Å²) < 4.78 is 65.5. The maximum absolute atomic E-state index is 13.9. The van der Waals surface area contributed by atoms with Crippen LogP contribution in [0.3, 0.4) is 0 Å². The largest absolute Gasteiger partial charge is 0.459 e. The Hall–Kier alpha value is -3.95. The molecule has 0 saturated carbocycles. The lowest BCUT2D eigenvalue weighted by Crippen LogP contribution is -2.22. The van der Waals surface area contributed by atoms with Crippen LogP contribution in [-0.4, -0.2) is 29.5 Å². The number of benzene rings is 1. The van der Waals surface area contributed by atoms with Gasteiger partial charge in [0.1, 0.15) is 28.0 Å². The predicted molar refractivity (Wildman–Crippen MR) is 130 cm³/mol. The van der Waals surface area contributed by atoms with Gasteiger partial charge in [0.05, 0.1) is 29.5 Å². The standard InChI is InChI=1S/C25H20F4N4O3S/c1-4-9-30-22(34)20-11-17-21(32-24(25(27,28)29)33-23(17)37-20)31-13(2)18-7-8-19(36-18)16-10-15(26)6-5-14(16)12-35-3/h1,5-8,10-11,13H,9,12H2,2-3H3,(H,30,34)(H,31,32,33). The van der Waals surface area contributed by atoms with Crippen LogP contribution in [-0.2, 0) is 17.5 Å². The number of aromatic nitrogens is 2. The van der Waals surface area contributed by atoms with Gasteiger partial charge < -0.3 is 19.8 Å². The molecule has 0 spiro atoms. The molecule has 0 bridgehead atoms. The lowest BCUT2D eigenvalue weighted by atomic mass is 10.1. The van der Waals surface area contributed by atoms with Crippen molar-refractivity contribution >= 4 is 33.3 Å². The van der Waals surface area contributed by atoms with Gasteiger partial charge in [-0.2, -0.15) is 13.2 Å². The minimum atomic E-state index is -4.81. The van der Waals surface area contributed by atoms with E-state index >= 15 is 0 Å². The van der Waals surface area contributed by atoms with Crippen LogP contribution in [0.25, 0.3) is 21.5 Å². The Morgan fingerprint density at radius 2 is 2.03 bits per heavy atom. The van der Waals surface area contributed by atoms with Crippen LogP contribution in [0.1, 0.15) is 39.8 Å². The van der Waals surface area contributed by atoms with Gasteiger partial charge in [0.15, 0.2) is 0 Å². The van der Waals surface area contributed by atoms with Crippen LogP contribution < -0.4 is 10.6 Å². The van der Waals surface area contributed by atoms with E-state index in [1.165, 1.54) is 25.3 Å². The number of thiophene rings is 1. The molecule has 192 valence electrons. The van der Waals surface area contributed by atoms with E-state index in [2.05, 4.69) is 26.5 Å². The second-order valence-electron chi connectivity index (χ2n) is 7.91. The topological polar surface area (TPSA) is 89.3 Å². The number of nitrogens with zero attached hydrogens (tertiary/aromatic N) is 2. The van der Waals surface area contributed by atoms with Crippen molar-refractivity contribution in [2.24, 2.45) is 0 Å². The molecule has 2 N–H and O–H groups in total. The molecule has 0 radical (unpaired) electrons. The first kappa shape index (κ1) is 26.1. The Bertz CT molecular complexity index is 1490. The molecule has 0 saturated heterocycles. The SMILES string of the molecule is C#CCNC(=O)c1cc2c(NC(C)c3ccc(-c4cc(F)ccc4COC)o3)nc(C(F)(F)F)nc2s1. The van der Waals surface area contributed by atoms with Gasteiger partial charge in [0, 0.05) is 12.7 Å². The smallest absolute Gasteiger partial charge is 0.451 e. The minimum Gasteiger partial charge on any atom is -0.459 e. The number of hydrogen-bond donors (Lipinski definition) is 2. The number of alkyl halides is 3. The van der Waals surface area contributed by atoms with Gasteiger partial charge in [-0.05, 0) is 42.8 Å². The van der Waals surface area contributed by atoms with Crippen LogP contribution in [0.5, 0.6) is 0 Å². The van der Waals surface area contributed by atoms with Crippen molar-refractivity contribution < 1.29 is 31.5 Å². The Kier molecular flexibility index (Phi) is 7.47. The molecule has 0 aliphatic heterocycles. The van der Waals surface area contributed by atoms with E-state index in [4.69, 9.17) is 15.6 Å². The molecule has 4 rings (SSSR count). The lowest BCUT2D eigenvalue weighted by Gasteiger charge is -2.15. The Morgan fingerprint density at radius 1 is 1.24 bits per heavy atom. The molecule has 7 nitrogen and oxygen atoms in total. The van der Waals surface area contributed by atoms with Crippen LogP contribution in [0.15, 0.2) is 40.8 Å². The molecule has 0 aliphatic rings. The molecule has 1 atom stereocenters. The van der Waals surface area contributed by atoms with Crippen LogP contribution >= 0.6 is 11.3 Å². The summed E-state index contributed by atoms with van der Waals surface area (Å²) in [5.74, 6) is 0.521. The molecule has 0 aliphatic carbocycles. The summed E-state index contributed by atoms with van der Waals surface area (Å²) in [6.07, 6.45) is 0.340. The van der Waals surface area contributed by atoms with Gasteiger partial charge in [-0.25, -0.2) is 14.4 Å². The Labute approximate surface area is 212 Å². The molecule has 3 aromatic heterocycles. The molecule has 0 fully saturated rings. The number of fused-ring (bicyclic) bond motifs is 1. The van der Waals surface area contributed by atoms with Crippen molar-refractivity contribution in [3.05, 3.63) is 64.2 Å². The van der Waals surface area contributed by atoms with Gasteiger partial charge >= 0.3 is 6.18 Å². The molecule has 1 unspecified atom stereocenters. The maximum atomic E-state index is 13.9. The first-order valence-corrected chi connectivity index (χ1v) is 11.7. The third kappa shape index (κ3) is 5.73. The van der Waals surface area contributed by atoms with Crippen molar-refractivity contribution in [3.63, 3.8) is 0 Å². The second kappa shape index (κ2) is 10.6. The molecule has 4 aromatic rings. The lowest BCUT2D eigenvalue weighted by molar-refractivity contribution is -0.144. The fraction of sp³-hybridized carbons (Fsp3) is 0.240. The summed E-state index contributed by atoms with van der Waals surface area (Å²) >= 11 is 0.790. The summed E-state index contributed by atoms with van der Waals surface area (Å²) in [5, 5.41) is 5.63. The van der Waals surface area contributed by atoms with Gasteiger partial charge in [0.2, 0.25) is 5.82 Å². The van der Waals surface area contributed by atoms with Crippen molar-refractivity contribution in [1.29, 1.82) is 0 Å². The number of anilines is 1. The highest BCUT2D eigenvalue weighted by Crippen LogP contribution is 2.36. The summed E-state index contributed by atoms with van der Waals surface area (Å²) in [7, 11) is 1.51. The second-order valence-corrected chi connectivity index (χ2v) is 8.94. The average molecular weight is 533 g/mol. The van der Waals surface area contributed by atoms with E-state index in [-0.39, 0.29) is 34.1 Å². The van der Waals surface area contributed by atoms with Crippen molar-refractivity contribution in [2.75, 3.05) is 19.0 Å². The summed E-state index contributed by atoms with van der Waals surface area (Å²) in [4.78, 5) is 19.7. The van der Waals surface area contributed by atoms with E-state index in [0.29, 0.717) is 22.6 Å². The van der Waals surface area contributed by atoms with E-state index in [1.807, 2.05) is 0 Å². The van der Waals surface area contributed by atoms with Crippen molar-refractivity contribution in [3.8, 4) is 23.7 Å². The minimum absolute atomic E-state index is 0.0213. The highest BCUT2D eigenvalue weighted by molar-refractivity contribution is 7.20. The summed E-state index contributed by atoms with van der Waals surface area (Å²) in [6, 6.07) is 8.23. The predicted octanol–water partition coefficient (Wildman–Crippen LogP) is 5.79. The third-order valence-electron chi connectivity index (χ3n) is 5.27. The number of furan rings is 1. The van der Waals surface area contributed by atoms with Crippen LogP contribution in [0, 0.1) is 18.2 Å². The molecule has 1 aromatic carbocycles. The molecular weight excluding hydrogens is 512 g/mol. The Morgan fingerprint density at radius 3 is 2.73 bits per heavy atom. The van der Waals surface area contributed by atoms with Gasteiger partial charge in [-0.15, -0.1) is 17.8 Å². The first-order chi connectivity index (χ1) is 17.6. The normalized spacial score (nSPS) is 12.4. The maximum Gasteiger partial charge on any atom is 0.451 e. The molecule has 37 heavy (non-hydrogen) atoms. The number of carbonyl (C=O) groups is 1. The average Bonchev–Trinajstić information content (AvgIpc) is 3.51. The number of hydrogen-bond acceptors (Lipinski definition) is 7. The Balaban J connectivity index is 1.68. The molecular formula is C25H20F4N4O3S. The zero-order chi connectivity index (χ0) is 26.7. The van der Waals surface area contributed by atoms with Crippen molar-refractivity contribution in [2.45, 2.75) is 25.7 Å². The highest BCUT2D eigenvalue weighted by Gasteiger charge is 2.36. The zero-order valence-corrected chi connectivity index (χ0v) is 20.4. The number of rotatable bonds is 8. The number of terminal acetylenes is 1.